The smallest absolute Gasteiger partial charge is 0.224 e. The highest BCUT2D eigenvalue weighted by Gasteiger charge is 2.12. The molecule has 1 unspecified atom stereocenters. The Morgan fingerprint density at radius 3 is 2.50 bits per heavy atom. The number of hydrogen-bond donors (Lipinski definition) is 1. The minimum absolute atomic E-state index is 0.214. The molecule has 5 heteroatoms. The van der Waals surface area contributed by atoms with Crippen molar-refractivity contribution in [1.82, 2.24) is 5.32 Å². The molecule has 0 heterocycles. The summed E-state index contributed by atoms with van der Waals surface area (Å²) in [6.07, 6.45) is -0.317. The van der Waals surface area contributed by atoms with Crippen LogP contribution in [0.15, 0.2) is 18.2 Å². The Labute approximate surface area is 97.6 Å². The summed E-state index contributed by atoms with van der Waals surface area (Å²) in [5.74, 6) is -1.88. The standard InChI is InChI=1S/C11H12ClF2NO/c1-7(12)6-15-11(16)5-8-9(13)3-2-4-10(8)14/h2-4,7H,5-6H2,1H3,(H,15,16). The molecule has 1 N–H and O–H groups in total. The molecule has 0 spiro atoms. The maximum absolute atomic E-state index is 13.2. The molecule has 0 saturated carbocycles. The zero-order chi connectivity index (χ0) is 12.1. The minimum Gasteiger partial charge on any atom is -0.354 e. The molecule has 16 heavy (non-hydrogen) atoms. The number of hydrogen-bond acceptors (Lipinski definition) is 1. The van der Waals surface area contributed by atoms with E-state index in [0.717, 1.165) is 12.1 Å². The van der Waals surface area contributed by atoms with Crippen molar-refractivity contribution in [3.05, 3.63) is 35.4 Å². The molecule has 88 valence electrons. The molecule has 0 radical (unpaired) electrons. The van der Waals surface area contributed by atoms with Crippen LogP contribution in [-0.4, -0.2) is 17.8 Å². The van der Waals surface area contributed by atoms with Gasteiger partial charge in [0.2, 0.25) is 5.91 Å². The fraction of sp³-hybridized carbons (Fsp3) is 0.364. The third kappa shape index (κ3) is 3.77. The third-order valence-electron chi connectivity index (χ3n) is 1.98. The zero-order valence-electron chi connectivity index (χ0n) is 8.77. The van der Waals surface area contributed by atoms with Crippen LogP contribution in [0.3, 0.4) is 0 Å². The van der Waals surface area contributed by atoms with Gasteiger partial charge in [0.15, 0.2) is 0 Å². The van der Waals surface area contributed by atoms with Crippen LogP contribution in [-0.2, 0) is 11.2 Å². The van der Waals surface area contributed by atoms with Gasteiger partial charge in [-0.2, -0.15) is 0 Å². The minimum atomic E-state index is -0.714. The van der Waals surface area contributed by atoms with Gasteiger partial charge in [-0.05, 0) is 19.1 Å². The van der Waals surface area contributed by atoms with Crippen LogP contribution in [0.5, 0.6) is 0 Å². The van der Waals surface area contributed by atoms with Crippen molar-refractivity contribution in [3.63, 3.8) is 0 Å². The second-order valence-corrected chi connectivity index (χ2v) is 4.21. The van der Waals surface area contributed by atoms with Gasteiger partial charge in [-0.1, -0.05) is 6.07 Å². The van der Waals surface area contributed by atoms with Crippen molar-refractivity contribution in [1.29, 1.82) is 0 Å². The second kappa shape index (κ2) is 5.80. The quantitative estimate of drug-likeness (QED) is 0.813. The van der Waals surface area contributed by atoms with Gasteiger partial charge in [0.05, 0.1) is 6.42 Å². The lowest BCUT2D eigenvalue weighted by molar-refractivity contribution is -0.120. The molecule has 1 atom stereocenters. The average molecular weight is 248 g/mol. The molecular formula is C11H12ClF2NO. The van der Waals surface area contributed by atoms with Crippen LogP contribution >= 0.6 is 11.6 Å². The predicted octanol–water partition coefficient (Wildman–Crippen LogP) is 2.25. The lowest BCUT2D eigenvalue weighted by Crippen LogP contribution is -2.30. The Morgan fingerprint density at radius 1 is 1.44 bits per heavy atom. The zero-order valence-corrected chi connectivity index (χ0v) is 9.52. The highest BCUT2D eigenvalue weighted by atomic mass is 35.5. The van der Waals surface area contributed by atoms with Gasteiger partial charge in [0, 0.05) is 17.5 Å². The Morgan fingerprint density at radius 2 is 2.00 bits per heavy atom. The number of carbonyl (C=O) groups is 1. The van der Waals surface area contributed by atoms with E-state index in [1.54, 1.807) is 6.92 Å². The van der Waals surface area contributed by atoms with Crippen molar-refractivity contribution < 1.29 is 13.6 Å². The summed E-state index contributed by atoms with van der Waals surface area (Å²) in [5, 5.41) is 2.27. The molecule has 0 fully saturated rings. The topological polar surface area (TPSA) is 29.1 Å². The fourth-order valence-electron chi connectivity index (χ4n) is 1.18. The van der Waals surface area contributed by atoms with Crippen molar-refractivity contribution in [2.75, 3.05) is 6.54 Å². The number of nitrogens with one attached hydrogen (secondary N) is 1. The Kier molecular flexibility index (Phi) is 4.68. The number of alkyl halides is 1. The van der Waals surface area contributed by atoms with Gasteiger partial charge >= 0.3 is 0 Å². The third-order valence-corrected chi connectivity index (χ3v) is 2.13. The Balaban J connectivity index is 2.63. The summed E-state index contributed by atoms with van der Waals surface area (Å²) in [6.45, 7) is 1.99. The normalized spacial score (nSPS) is 12.2. The van der Waals surface area contributed by atoms with Gasteiger partial charge in [-0.3, -0.25) is 4.79 Å². The number of benzene rings is 1. The van der Waals surface area contributed by atoms with Crippen molar-refractivity contribution >= 4 is 17.5 Å². The van der Waals surface area contributed by atoms with E-state index in [0.29, 0.717) is 0 Å². The number of amides is 1. The summed E-state index contributed by atoms with van der Waals surface area (Å²) < 4.78 is 26.3. The lowest BCUT2D eigenvalue weighted by atomic mass is 10.1. The Bertz CT molecular complexity index is 362. The van der Waals surface area contributed by atoms with Crippen LogP contribution in [0.2, 0.25) is 0 Å². The molecule has 0 bridgehead atoms. The molecule has 0 saturated heterocycles. The van der Waals surface area contributed by atoms with E-state index >= 15 is 0 Å². The first-order valence-electron chi connectivity index (χ1n) is 4.84. The molecule has 0 aliphatic heterocycles. The van der Waals surface area contributed by atoms with Gasteiger partial charge in [-0.25, -0.2) is 8.78 Å². The average Bonchev–Trinajstić information content (AvgIpc) is 2.21. The van der Waals surface area contributed by atoms with Crippen LogP contribution in [0.1, 0.15) is 12.5 Å². The van der Waals surface area contributed by atoms with E-state index in [2.05, 4.69) is 5.32 Å². The van der Waals surface area contributed by atoms with E-state index in [1.807, 2.05) is 0 Å². The molecule has 0 aliphatic rings. The maximum atomic E-state index is 13.2. The molecule has 1 amide bonds. The van der Waals surface area contributed by atoms with Crippen LogP contribution in [0, 0.1) is 11.6 Å². The van der Waals surface area contributed by atoms with Gasteiger partial charge in [0.1, 0.15) is 11.6 Å². The van der Waals surface area contributed by atoms with Gasteiger partial charge < -0.3 is 5.32 Å². The first-order valence-corrected chi connectivity index (χ1v) is 5.28. The van der Waals surface area contributed by atoms with Crippen LogP contribution in [0.25, 0.3) is 0 Å². The van der Waals surface area contributed by atoms with Crippen molar-refractivity contribution in [2.45, 2.75) is 18.7 Å². The van der Waals surface area contributed by atoms with Crippen LogP contribution in [0.4, 0.5) is 8.78 Å². The summed E-state index contributed by atoms with van der Waals surface area (Å²) >= 11 is 5.62. The van der Waals surface area contributed by atoms with Gasteiger partial charge in [-0.15, -0.1) is 11.6 Å². The molecule has 1 rings (SSSR count). The molecule has 1 aromatic rings. The maximum Gasteiger partial charge on any atom is 0.224 e. The van der Waals surface area contributed by atoms with Crippen molar-refractivity contribution in [2.24, 2.45) is 0 Å². The first-order chi connectivity index (χ1) is 7.50. The number of carbonyl (C=O) groups excluding carboxylic acids is 1. The molecule has 2 nitrogen and oxygen atoms in total. The van der Waals surface area contributed by atoms with E-state index in [-0.39, 0.29) is 23.9 Å². The highest BCUT2D eigenvalue weighted by molar-refractivity contribution is 6.20. The predicted molar refractivity (Wildman–Crippen MR) is 58.4 cm³/mol. The van der Waals surface area contributed by atoms with E-state index in [4.69, 9.17) is 11.6 Å². The summed E-state index contributed by atoms with van der Waals surface area (Å²) in [4.78, 5) is 11.3. The van der Waals surface area contributed by atoms with E-state index < -0.39 is 17.5 Å². The van der Waals surface area contributed by atoms with Crippen molar-refractivity contribution in [3.8, 4) is 0 Å². The van der Waals surface area contributed by atoms with E-state index in [9.17, 15) is 13.6 Å². The van der Waals surface area contributed by atoms with Crippen LogP contribution < -0.4 is 5.32 Å². The number of rotatable bonds is 4. The molecule has 1 aromatic carbocycles. The molecule has 0 aliphatic carbocycles. The highest BCUT2D eigenvalue weighted by Crippen LogP contribution is 2.12. The first kappa shape index (κ1) is 12.9. The summed E-state index contributed by atoms with van der Waals surface area (Å²) in [7, 11) is 0. The summed E-state index contributed by atoms with van der Waals surface area (Å²) in [5.41, 5.74) is -0.220. The lowest BCUT2D eigenvalue weighted by Gasteiger charge is -2.07. The second-order valence-electron chi connectivity index (χ2n) is 3.46. The van der Waals surface area contributed by atoms with E-state index in [1.165, 1.54) is 6.07 Å². The molecule has 0 aromatic heterocycles. The monoisotopic (exact) mass is 247 g/mol. The van der Waals surface area contributed by atoms with Gasteiger partial charge in [0.25, 0.3) is 0 Å². The largest absolute Gasteiger partial charge is 0.354 e. The summed E-state index contributed by atoms with van der Waals surface area (Å²) in [6, 6.07) is 3.50. The SMILES string of the molecule is CC(Cl)CNC(=O)Cc1c(F)cccc1F. The fourth-order valence-corrected chi connectivity index (χ4v) is 1.26. The number of halogens is 3. The Hall–Kier alpha value is -1.16. The molecular weight excluding hydrogens is 236 g/mol.